The van der Waals surface area contributed by atoms with Gasteiger partial charge in [-0.1, -0.05) is 42.3 Å². The van der Waals surface area contributed by atoms with Gasteiger partial charge < -0.3 is 9.90 Å². The number of hydrogen-bond donors (Lipinski definition) is 1. The summed E-state index contributed by atoms with van der Waals surface area (Å²) in [5.41, 5.74) is 1.77. The molecule has 28 heavy (non-hydrogen) atoms. The molecule has 3 rings (SSSR count). The SMILES string of the molecule is O=C([O-])Cc1ccc(CC2CCCC2NS(=O)(=O)c2ccc(Cl)cc2)cc1.[Na+]. The fourth-order valence-electron chi connectivity index (χ4n) is 3.58. The van der Waals surface area contributed by atoms with Crippen molar-refractivity contribution in [1.29, 1.82) is 0 Å². The number of carbonyl (C=O) groups is 1. The second-order valence-electron chi connectivity index (χ2n) is 6.94. The number of rotatable bonds is 7. The van der Waals surface area contributed by atoms with Crippen LogP contribution in [0.4, 0.5) is 0 Å². The van der Waals surface area contributed by atoms with E-state index in [9.17, 15) is 18.3 Å². The van der Waals surface area contributed by atoms with Crippen LogP contribution in [0, 0.1) is 5.92 Å². The van der Waals surface area contributed by atoms with Gasteiger partial charge in [-0.2, -0.15) is 0 Å². The smallest absolute Gasteiger partial charge is 0.550 e. The van der Waals surface area contributed by atoms with Gasteiger partial charge in [0, 0.05) is 23.5 Å². The second-order valence-corrected chi connectivity index (χ2v) is 9.09. The third-order valence-electron chi connectivity index (χ3n) is 4.96. The maximum Gasteiger partial charge on any atom is 1.00 e. The van der Waals surface area contributed by atoms with Gasteiger partial charge >= 0.3 is 29.6 Å². The van der Waals surface area contributed by atoms with Gasteiger partial charge in [-0.3, -0.25) is 0 Å². The molecule has 0 amide bonds. The summed E-state index contributed by atoms with van der Waals surface area (Å²) in [7, 11) is -3.59. The maximum absolute atomic E-state index is 12.6. The molecule has 1 N–H and O–H groups in total. The number of carboxylic acid groups (broad SMARTS) is 1. The van der Waals surface area contributed by atoms with E-state index < -0.39 is 16.0 Å². The second kappa shape index (κ2) is 10.2. The topological polar surface area (TPSA) is 86.3 Å². The fourth-order valence-corrected chi connectivity index (χ4v) is 5.05. The Morgan fingerprint density at radius 3 is 2.25 bits per heavy atom. The van der Waals surface area contributed by atoms with Crippen molar-refractivity contribution in [2.45, 2.75) is 43.0 Å². The van der Waals surface area contributed by atoms with E-state index in [-0.39, 0.29) is 52.8 Å². The van der Waals surface area contributed by atoms with E-state index in [2.05, 4.69) is 4.72 Å². The van der Waals surface area contributed by atoms with Gasteiger partial charge in [-0.05, 0) is 60.6 Å². The Bertz CT molecular complexity index is 901. The van der Waals surface area contributed by atoms with E-state index in [0.717, 1.165) is 31.2 Å². The van der Waals surface area contributed by atoms with Gasteiger partial charge in [-0.25, -0.2) is 13.1 Å². The Kier molecular flexibility index (Phi) is 8.55. The monoisotopic (exact) mass is 429 g/mol. The molecule has 144 valence electrons. The minimum absolute atomic E-state index is 0. The van der Waals surface area contributed by atoms with E-state index >= 15 is 0 Å². The molecule has 0 saturated heterocycles. The molecule has 1 fully saturated rings. The summed E-state index contributed by atoms with van der Waals surface area (Å²) < 4.78 is 28.1. The molecule has 1 saturated carbocycles. The van der Waals surface area contributed by atoms with Crippen molar-refractivity contribution in [3.63, 3.8) is 0 Å². The van der Waals surface area contributed by atoms with Gasteiger partial charge in [0.15, 0.2) is 0 Å². The molecule has 0 aromatic heterocycles. The molecular weight excluding hydrogens is 409 g/mol. The Morgan fingerprint density at radius 1 is 1.04 bits per heavy atom. The molecule has 0 bridgehead atoms. The van der Waals surface area contributed by atoms with Crippen molar-refractivity contribution < 1.29 is 47.9 Å². The molecular formula is C20H21ClNNaO4S. The summed E-state index contributed by atoms with van der Waals surface area (Å²) in [5.74, 6) is -0.894. The zero-order valence-electron chi connectivity index (χ0n) is 15.7. The number of hydrogen-bond acceptors (Lipinski definition) is 4. The van der Waals surface area contributed by atoms with Crippen molar-refractivity contribution in [2.75, 3.05) is 0 Å². The molecule has 1 aliphatic carbocycles. The summed E-state index contributed by atoms with van der Waals surface area (Å²) >= 11 is 5.83. The molecule has 0 heterocycles. The van der Waals surface area contributed by atoms with Crippen molar-refractivity contribution in [1.82, 2.24) is 4.72 Å². The van der Waals surface area contributed by atoms with Crippen molar-refractivity contribution in [3.05, 3.63) is 64.7 Å². The molecule has 2 aromatic rings. The number of carboxylic acids is 1. The van der Waals surface area contributed by atoms with Crippen molar-refractivity contribution in [2.24, 2.45) is 5.92 Å². The Labute approximate surface area is 192 Å². The van der Waals surface area contributed by atoms with E-state index in [1.165, 1.54) is 12.1 Å². The summed E-state index contributed by atoms with van der Waals surface area (Å²) in [6.45, 7) is 0. The average molecular weight is 430 g/mol. The zero-order chi connectivity index (χ0) is 19.4. The fraction of sp³-hybridized carbons (Fsp3) is 0.350. The van der Waals surface area contributed by atoms with Gasteiger partial charge in [0.05, 0.1) is 4.90 Å². The Balaban J connectivity index is 0.00000280. The number of carbonyl (C=O) groups excluding carboxylic acids is 1. The van der Waals surface area contributed by atoms with Gasteiger partial charge in [0.1, 0.15) is 0 Å². The molecule has 0 aliphatic heterocycles. The van der Waals surface area contributed by atoms with Gasteiger partial charge in [0.25, 0.3) is 0 Å². The van der Waals surface area contributed by atoms with E-state index in [0.29, 0.717) is 10.6 Å². The van der Waals surface area contributed by atoms with Crippen molar-refractivity contribution in [3.8, 4) is 0 Å². The molecule has 5 nitrogen and oxygen atoms in total. The Morgan fingerprint density at radius 2 is 1.64 bits per heavy atom. The number of aliphatic carboxylic acids is 1. The minimum Gasteiger partial charge on any atom is -0.550 e. The zero-order valence-corrected chi connectivity index (χ0v) is 19.3. The maximum atomic E-state index is 12.6. The molecule has 0 spiro atoms. The first-order valence-electron chi connectivity index (χ1n) is 8.89. The van der Waals surface area contributed by atoms with Crippen LogP contribution < -0.4 is 39.4 Å². The van der Waals surface area contributed by atoms with E-state index in [1.807, 2.05) is 12.1 Å². The number of benzene rings is 2. The molecule has 1 aliphatic rings. The van der Waals surface area contributed by atoms with Crippen LogP contribution in [0.25, 0.3) is 0 Å². The summed E-state index contributed by atoms with van der Waals surface area (Å²) in [4.78, 5) is 10.9. The first-order chi connectivity index (χ1) is 12.8. The van der Waals surface area contributed by atoms with Crippen LogP contribution in [-0.4, -0.2) is 20.4 Å². The van der Waals surface area contributed by atoms with Crippen LogP contribution >= 0.6 is 11.6 Å². The third-order valence-corrected chi connectivity index (χ3v) is 6.72. The molecule has 2 atom stereocenters. The third kappa shape index (κ3) is 6.31. The van der Waals surface area contributed by atoms with Crippen LogP contribution in [-0.2, 0) is 27.7 Å². The van der Waals surface area contributed by atoms with Crippen LogP contribution in [0.5, 0.6) is 0 Å². The van der Waals surface area contributed by atoms with Gasteiger partial charge in [-0.15, -0.1) is 0 Å². The number of halogens is 1. The van der Waals surface area contributed by atoms with Crippen LogP contribution in [0.2, 0.25) is 5.02 Å². The van der Waals surface area contributed by atoms with Crippen LogP contribution in [0.3, 0.4) is 0 Å². The number of sulfonamides is 1. The predicted octanol–water partition coefficient (Wildman–Crippen LogP) is -0.674. The molecule has 2 unspecified atom stereocenters. The minimum atomic E-state index is -3.59. The molecule has 8 heteroatoms. The van der Waals surface area contributed by atoms with E-state index in [4.69, 9.17) is 11.6 Å². The first-order valence-corrected chi connectivity index (χ1v) is 10.8. The van der Waals surface area contributed by atoms with Crippen molar-refractivity contribution >= 4 is 27.6 Å². The van der Waals surface area contributed by atoms with E-state index in [1.54, 1.807) is 24.3 Å². The average Bonchev–Trinajstić information content (AvgIpc) is 3.02. The largest absolute Gasteiger partial charge is 1.00 e. The van der Waals surface area contributed by atoms with Crippen LogP contribution in [0.1, 0.15) is 30.4 Å². The normalized spacial score (nSPS) is 19.2. The summed E-state index contributed by atoms with van der Waals surface area (Å²) in [6.07, 6.45) is 3.38. The molecule has 2 aromatic carbocycles. The standard InChI is InChI=1S/C20H22ClNO4S.Na/c21-17-8-10-18(11-9-17)27(25,26)22-19-3-1-2-16(19)12-14-4-6-15(7-5-14)13-20(23)24;/h4-11,16,19,22H,1-3,12-13H2,(H,23,24);/q;+1/p-1. The Hall–Kier alpha value is -0.890. The van der Waals surface area contributed by atoms with Gasteiger partial charge in [0.2, 0.25) is 10.0 Å². The predicted molar refractivity (Wildman–Crippen MR) is 102 cm³/mol. The quantitative estimate of drug-likeness (QED) is 0.591. The first kappa shape index (κ1) is 23.4. The summed E-state index contributed by atoms with van der Waals surface area (Å²) in [5, 5.41) is 11.2. The van der Waals surface area contributed by atoms with Crippen LogP contribution in [0.15, 0.2) is 53.4 Å². The number of nitrogens with one attached hydrogen (secondary N) is 1. The molecule has 0 radical (unpaired) electrons. The summed E-state index contributed by atoms with van der Waals surface area (Å²) in [6, 6.07) is 13.4.